The molecule has 4 heterocycles. The first-order valence-corrected chi connectivity index (χ1v) is 9.73. The first-order chi connectivity index (χ1) is 14.5. The third-order valence-corrected chi connectivity index (χ3v) is 4.54. The molecule has 1 aromatic rings. The molecule has 1 aliphatic carbocycles. The van der Waals surface area contributed by atoms with E-state index in [1.165, 1.54) is 24.3 Å². The van der Waals surface area contributed by atoms with Gasteiger partial charge in [-0.2, -0.15) is 0 Å². The van der Waals surface area contributed by atoms with Crippen LogP contribution in [0.25, 0.3) is 0 Å². The summed E-state index contributed by atoms with van der Waals surface area (Å²) >= 11 is 0. The maximum atomic E-state index is 12.1. The van der Waals surface area contributed by atoms with Gasteiger partial charge in [-0.05, 0) is 37.1 Å². The fraction of sp³-hybridized carbons (Fsp3) is 0.364. The molecule has 8 heteroatoms. The van der Waals surface area contributed by atoms with Crippen molar-refractivity contribution in [2.24, 2.45) is 0 Å². The molecule has 0 saturated heterocycles. The van der Waals surface area contributed by atoms with E-state index in [4.69, 9.17) is 18.9 Å². The number of allylic oxidation sites excluding steroid dienone is 2. The maximum Gasteiger partial charge on any atom is 0.338 e. The Balaban J connectivity index is 1.65. The molecular formula is C22H22O8. The molecule has 158 valence electrons. The first-order valence-electron chi connectivity index (χ1n) is 9.73. The van der Waals surface area contributed by atoms with E-state index in [9.17, 15) is 19.2 Å². The smallest absolute Gasteiger partial charge is 0.338 e. The van der Waals surface area contributed by atoms with E-state index in [1.54, 1.807) is 12.2 Å². The van der Waals surface area contributed by atoms with E-state index in [2.05, 4.69) is 0 Å². The van der Waals surface area contributed by atoms with Gasteiger partial charge in [0.15, 0.2) is 0 Å². The molecule has 8 nitrogen and oxygen atoms in total. The molecule has 1 aromatic carbocycles. The lowest BCUT2D eigenvalue weighted by Crippen LogP contribution is -2.16. The molecular weight excluding hydrogens is 392 g/mol. The summed E-state index contributed by atoms with van der Waals surface area (Å²) in [6.45, 7) is 0.384. The minimum absolute atomic E-state index is 0.0881. The molecule has 6 rings (SSSR count). The van der Waals surface area contributed by atoms with Crippen LogP contribution >= 0.6 is 0 Å². The lowest BCUT2D eigenvalue weighted by molar-refractivity contribution is -0.141. The van der Waals surface area contributed by atoms with Crippen LogP contribution in [0.1, 0.15) is 46.4 Å². The van der Waals surface area contributed by atoms with Gasteiger partial charge in [0, 0.05) is 24.0 Å². The molecule has 0 spiro atoms. The van der Waals surface area contributed by atoms with Crippen molar-refractivity contribution >= 4 is 23.9 Å². The molecule has 0 fully saturated rings. The highest BCUT2D eigenvalue weighted by molar-refractivity contribution is 5.94. The van der Waals surface area contributed by atoms with Crippen LogP contribution < -0.4 is 0 Å². The van der Waals surface area contributed by atoms with Crippen molar-refractivity contribution < 1.29 is 38.1 Å². The van der Waals surface area contributed by atoms with Gasteiger partial charge < -0.3 is 18.9 Å². The Labute approximate surface area is 173 Å². The highest BCUT2D eigenvalue weighted by Crippen LogP contribution is 2.20. The predicted molar refractivity (Wildman–Crippen MR) is 104 cm³/mol. The monoisotopic (exact) mass is 414 g/mol. The van der Waals surface area contributed by atoms with Crippen molar-refractivity contribution in [2.45, 2.75) is 25.7 Å². The average Bonchev–Trinajstić information content (AvgIpc) is 2.77. The molecule has 4 bridgehead atoms. The van der Waals surface area contributed by atoms with Crippen LogP contribution in [0.15, 0.2) is 47.6 Å². The summed E-state index contributed by atoms with van der Waals surface area (Å²) in [7, 11) is 0. The van der Waals surface area contributed by atoms with Gasteiger partial charge in [-0.3, -0.25) is 0 Å². The Morgan fingerprint density at radius 3 is 1.17 bits per heavy atom. The van der Waals surface area contributed by atoms with Crippen molar-refractivity contribution in [3.8, 4) is 0 Å². The zero-order valence-corrected chi connectivity index (χ0v) is 16.4. The van der Waals surface area contributed by atoms with Crippen LogP contribution in [0.2, 0.25) is 0 Å². The topological polar surface area (TPSA) is 105 Å². The zero-order chi connectivity index (χ0) is 21.3. The maximum absolute atomic E-state index is 12.1. The van der Waals surface area contributed by atoms with Gasteiger partial charge in [-0.25, -0.2) is 19.2 Å². The van der Waals surface area contributed by atoms with E-state index in [0.717, 1.165) is 0 Å². The fourth-order valence-corrected chi connectivity index (χ4v) is 2.85. The average molecular weight is 414 g/mol. The van der Waals surface area contributed by atoms with Crippen molar-refractivity contribution in [3.05, 3.63) is 58.7 Å². The Kier molecular flexibility index (Phi) is 7.37. The summed E-state index contributed by atoms with van der Waals surface area (Å²) in [6, 6.07) is 5.90. The third-order valence-electron chi connectivity index (χ3n) is 4.54. The van der Waals surface area contributed by atoms with E-state index in [-0.39, 0.29) is 26.4 Å². The largest absolute Gasteiger partial charge is 0.462 e. The van der Waals surface area contributed by atoms with Gasteiger partial charge in [0.05, 0.1) is 37.6 Å². The molecule has 0 unspecified atom stereocenters. The van der Waals surface area contributed by atoms with E-state index < -0.39 is 23.9 Å². The first kappa shape index (κ1) is 21.3. The molecule has 0 radical (unpaired) electrons. The number of hydrogen-bond donors (Lipinski definition) is 0. The summed E-state index contributed by atoms with van der Waals surface area (Å²) in [5.74, 6) is -1.97. The van der Waals surface area contributed by atoms with Crippen LogP contribution in [0, 0.1) is 0 Å². The van der Waals surface area contributed by atoms with Crippen LogP contribution in [0.4, 0.5) is 0 Å². The standard InChI is InChI=1S/C22H22O8/c23-19-15-3-7-17(8-4-15)21(25)29-13-2-14-30-22(26)18-9-5-16(6-10-18)20(24)28-12-1-11-27-19/h3-5,7-9H,1-2,6,10-14H2. The SMILES string of the molecule is O=C1OCCCOC(=O)c2ccc(cc2)C(=O)OCCCOC(=O)C2=CC=C1CC2. The van der Waals surface area contributed by atoms with Gasteiger partial charge in [0.2, 0.25) is 0 Å². The molecule has 0 atom stereocenters. The summed E-state index contributed by atoms with van der Waals surface area (Å²) in [4.78, 5) is 48.3. The normalized spacial score (nSPS) is 19.3. The molecule has 0 aromatic heterocycles. The van der Waals surface area contributed by atoms with Crippen LogP contribution in [0.3, 0.4) is 0 Å². The minimum atomic E-state index is -0.530. The number of hydrogen-bond acceptors (Lipinski definition) is 8. The third kappa shape index (κ3) is 5.79. The second-order valence-corrected chi connectivity index (χ2v) is 6.71. The van der Waals surface area contributed by atoms with Crippen LogP contribution in [-0.4, -0.2) is 50.3 Å². The minimum Gasteiger partial charge on any atom is -0.462 e. The lowest BCUT2D eigenvalue weighted by atomic mass is 9.98. The number of benzene rings is 1. The van der Waals surface area contributed by atoms with E-state index >= 15 is 0 Å². The van der Waals surface area contributed by atoms with Crippen LogP contribution in [0.5, 0.6) is 0 Å². The number of rotatable bonds is 0. The van der Waals surface area contributed by atoms with Crippen molar-refractivity contribution in [1.29, 1.82) is 0 Å². The summed E-state index contributed by atoms with van der Waals surface area (Å²) in [6.07, 6.45) is 4.56. The van der Waals surface area contributed by atoms with Crippen LogP contribution in [-0.2, 0) is 28.5 Å². The number of carbonyl (C=O) groups is 4. The quantitative estimate of drug-likeness (QED) is 0.471. The number of ether oxygens (including phenoxy) is 4. The predicted octanol–water partition coefficient (Wildman–Crippen LogP) is 2.53. The van der Waals surface area contributed by atoms with E-state index in [1.807, 2.05) is 0 Å². The second kappa shape index (κ2) is 10.4. The summed E-state index contributed by atoms with van der Waals surface area (Å²) in [5, 5.41) is 0. The highest BCUT2D eigenvalue weighted by Gasteiger charge is 2.19. The number of esters is 4. The summed E-state index contributed by atoms with van der Waals surface area (Å²) < 4.78 is 20.7. The van der Waals surface area contributed by atoms with Crippen molar-refractivity contribution in [1.82, 2.24) is 0 Å². The van der Waals surface area contributed by atoms with Gasteiger partial charge in [-0.15, -0.1) is 0 Å². The number of carbonyl (C=O) groups excluding carboxylic acids is 4. The molecule has 4 aliphatic heterocycles. The molecule has 0 N–H and O–H groups in total. The van der Waals surface area contributed by atoms with Gasteiger partial charge in [-0.1, -0.05) is 12.2 Å². The zero-order valence-electron chi connectivity index (χ0n) is 16.4. The Bertz CT molecular complexity index is 806. The second-order valence-electron chi connectivity index (χ2n) is 6.71. The Morgan fingerprint density at radius 2 is 0.833 bits per heavy atom. The lowest BCUT2D eigenvalue weighted by Gasteiger charge is -2.14. The van der Waals surface area contributed by atoms with Crippen molar-refractivity contribution in [3.63, 3.8) is 0 Å². The van der Waals surface area contributed by atoms with Crippen molar-refractivity contribution in [2.75, 3.05) is 26.4 Å². The van der Waals surface area contributed by atoms with Gasteiger partial charge >= 0.3 is 23.9 Å². The van der Waals surface area contributed by atoms with E-state index in [0.29, 0.717) is 48.0 Å². The Morgan fingerprint density at radius 1 is 0.500 bits per heavy atom. The van der Waals surface area contributed by atoms with Gasteiger partial charge in [0.1, 0.15) is 0 Å². The molecule has 0 saturated carbocycles. The Hall–Kier alpha value is -3.42. The fourth-order valence-electron chi connectivity index (χ4n) is 2.85. The molecule has 30 heavy (non-hydrogen) atoms. The summed E-state index contributed by atoms with van der Waals surface area (Å²) in [5.41, 5.74) is 1.54. The molecule has 0 amide bonds. The molecule has 5 aliphatic rings. The van der Waals surface area contributed by atoms with Gasteiger partial charge in [0.25, 0.3) is 0 Å². The highest BCUT2D eigenvalue weighted by atomic mass is 16.6.